The first-order valence-corrected chi connectivity index (χ1v) is 25.8. The zero-order valence-electron chi connectivity index (χ0n) is 41.4. The van der Waals surface area contributed by atoms with E-state index in [-0.39, 0.29) is 44.0 Å². The molecule has 0 saturated carbocycles. The van der Waals surface area contributed by atoms with Gasteiger partial charge in [-0.2, -0.15) is 0 Å². The summed E-state index contributed by atoms with van der Waals surface area (Å²) in [4.78, 5) is 37.9. The maximum Gasteiger partial charge on any atom is 0.306 e. The van der Waals surface area contributed by atoms with Crippen LogP contribution in [0.25, 0.3) is 0 Å². The zero-order valence-corrected chi connectivity index (χ0v) is 41.4. The molecule has 65 heavy (non-hydrogen) atoms. The van der Waals surface area contributed by atoms with Gasteiger partial charge in [0.25, 0.3) is 0 Å². The van der Waals surface area contributed by atoms with Crippen LogP contribution in [0.2, 0.25) is 0 Å². The number of allylic oxidation sites excluding steroid dienone is 22. The van der Waals surface area contributed by atoms with E-state index in [0.29, 0.717) is 19.3 Å². The first-order chi connectivity index (χ1) is 32.0. The second-order valence-electron chi connectivity index (χ2n) is 16.4. The average molecular weight is 897 g/mol. The molecule has 364 valence electrons. The van der Waals surface area contributed by atoms with Gasteiger partial charge in [0.1, 0.15) is 13.2 Å². The lowest BCUT2D eigenvalue weighted by Crippen LogP contribution is -2.30. The van der Waals surface area contributed by atoms with Crippen LogP contribution in [0.1, 0.15) is 201 Å². The third-order valence-electron chi connectivity index (χ3n) is 10.3. The standard InChI is InChI=1S/C59H92O6/c1-4-7-10-13-16-19-22-25-27-28-29-30-32-34-37-40-43-46-49-52-58(61)64-55-56(54-63-57(60)51-48-45-42-39-36-33-24-21-18-15-12-9-6-3)65-59(62)53-50-47-44-41-38-35-31-26-23-20-17-14-11-8-5-2/h7-8,10-11,14,16-17,19-20,23,25-27,29-31,33,35-36,38,42,45,56H,4-6,9,12-13,15,18,21-22,24,28,32,34,37,39-41,43-44,46-55H2,1-3H3/b10-7-,11-8-,17-14-,19-16-,23-20-,27-25-,30-29-,31-26-,36-33-,38-35-,45-42-. The van der Waals surface area contributed by atoms with Crippen molar-refractivity contribution >= 4 is 17.9 Å². The van der Waals surface area contributed by atoms with Crippen molar-refractivity contribution in [1.29, 1.82) is 0 Å². The smallest absolute Gasteiger partial charge is 0.306 e. The minimum absolute atomic E-state index is 0.125. The number of rotatable bonds is 44. The topological polar surface area (TPSA) is 78.9 Å². The average Bonchev–Trinajstić information content (AvgIpc) is 3.30. The normalized spacial score (nSPS) is 13.2. The molecule has 0 rings (SSSR count). The summed E-state index contributed by atoms with van der Waals surface area (Å²) < 4.78 is 16.7. The molecular formula is C59H92O6. The van der Waals surface area contributed by atoms with Gasteiger partial charge in [-0.15, -0.1) is 0 Å². The van der Waals surface area contributed by atoms with E-state index in [1.807, 2.05) is 54.7 Å². The van der Waals surface area contributed by atoms with Crippen LogP contribution in [0.4, 0.5) is 0 Å². The van der Waals surface area contributed by atoms with Gasteiger partial charge in [-0.3, -0.25) is 14.4 Å². The lowest BCUT2D eigenvalue weighted by molar-refractivity contribution is -0.166. The number of hydrogen-bond donors (Lipinski definition) is 0. The molecule has 0 spiro atoms. The predicted octanol–water partition coefficient (Wildman–Crippen LogP) is 17.1. The monoisotopic (exact) mass is 897 g/mol. The summed E-state index contributed by atoms with van der Waals surface area (Å²) in [5, 5.41) is 0. The highest BCUT2D eigenvalue weighted by atomic mass is 16.6. The molecule has 1 atom stereocenters. The maximum absolute atomic E-state index is 12.8. The summed E-state index contributed by atoms with van der Waals surface area (Å²) in [6.07, 6.45) is 73.0. The molecule has 0 aliphatic carbocycles. The van der Waals surface area contributed by atoms with Crippen LogP contribution in [-0.2, 0) is 28.6 Å². The second-order valence-corrected chi connectivity index (χ2v) is 16.4. The van der Waals surface area contributed by atoms with Gasteiger partial charge in [-0.05, 0) is 96.3 Å². The Kier molecular flexibility index (Phi) is 48.6. The first-order valence-electron chi connectivity index (χ1n) is 25.8. The number of hydrogen-bond acceptors (Lipinski definition) is 6. The summed E-state index contributed by atoms with van der Waals surface area (Å²) in [5.41, 5.74) is 0. The Morgan fingerprint density at radius 2 is 0.708 bits per heavy atom. The number of esters is 3. The Hall–Kier alpha value is -4.45. The molecule has 0 saturated heterocycles. The van der Waals surface area contributed by atoms with Crippen molar-refractivity contribution in [2.45, 2.75) is 207 Å². The van der Waals surface area contributed by atoms with E-state index in [9.17, 15) is 14.4 Å². The predicted molar refractivity (Wildman–Crippen MR) is 279 cm³/mol. The van der Waals surface area contributed by atoms with Gasteiger partial charge in [-0.1, -0.05) is 219 Å². The molecule has 0 aromatic carbocycles. The van der Waals surface area contributed by atoms with Crippen LogP contribution in [0.3, 0.4) is 0 Å². The van der Waals surface area contributed by atoms with Crippen molar-refractivity contribution in [2.24, 2.45) is 0 Å². The Balaban J connectivity index is 4.56. The van der Waals surface area contributed by atoms with E-state index < -0.39 is 6.10 Å². The number of carbonyl (C=O) groups excluding carboxylic acids is 3. The minimum atomic E-state index is -0.833. The quantitative estimate of drug-likeness (QED) is 0.0199. The molecule has 0 amide bonds. The first kappa shape index (κ1) is 60.5. The van der Waals surface area contributed by atoms with E-state index in [2.05, 4.69) is 99.8 Å². The minimum Gasteiger partial charge on any atom is -0.462 e. The van der Waals surface area contributed by atoms with E-state index in [1.165, 1.54) is 51.4 Å². The fraction of sp³-hybridized carbons (Fsp3) is 0.576. The van der Waals surface area contributed by atoms with Gasteiger partial charge in [0.05, 0.1) is 0 Å². The van der Waals surface area contributed by atoms with Crippen LogP contribution in [0, 0.1) is 0 Å². The molecule has 0 aliphatic rings. The van der Waals surface area contributed by atoms with Crippen LogP contribution in [0.15, 0.2) is 134 Å². The van der Waals surface area contributed by atoms with Crippen LogP contribution >= 0.6 is 0 Å². The summed E-state index contributed by atoms with van der Waals surface area (Å²) >= 11 is 0. The zero-order chi connectivity index (χ0) is 47.2. The molecule has 0 fully saturated rings. The molecular weight excluding hydrogens is 805 g/mol. The molecule has 0 bridgehead atoms. The van der Waals surface area contributed by atoms with E-state index >= 15 is 0 Å². The highest BCUT2D eigenvalue weighted by Gasteiger charge is 2.19. The number of unbranched alkanes of at least 4 members (excludes halogenated alkanes) is 15. The Bertz CT molecular complexity index is 1450. The number of carbonyl (C=O) groups is 3. The Labute approximate surface area is 398 Å². The summed E-state index contributed by atoms with van der Waals surface area (Å²) in [5.74, 6) is -1.06. The van der Waals surface area contributed by atoms with Gasteiger partial charge in [0, 0.05) is 19.3 Å². The molecule has 0 aromatic heterocycles. The molecule has 0 radical (unpaired) electrons. The van der Waals surface area contributed by atoms with E-state index in [1.54, 1.807) is 0 Å². The number of ether oxygens (including phenoxy) is 3. The van der Waals surface area contributed by atoms with Gasteiger partial charge < -0.3 is 14.2 Å². The van der Waals surface area contributed by atoms with Crippen LogP contribution < -0.4 is 0 Å². The van der Waals surface area contributed by atoms with Crippen LogP contribution in [-0.4, -0.2) is 37.2 Å². The van der Waals surface area contributed by atoms with E-state index in [4.69, 9.17) is 14.2 Å². The highest BCUT2D eigenvalue weighted by Crippen LogP contribution is 2.12. The van der Waals surface area contributed by atoms with Crippen molar-refractivity contribution in [3.63, 3.8) is 0 Å². The molecule has 1 unspecified atom stereocenters. The second kappa shape index (κ2) is 52.2. The largest absolute Gasteiger partial charge is 0.462 e. The molecule has 0 aliphatic heterocycles. The third-order valence-corrected chi connectivity index (χ3v) is 10.3. The van der Waals surface area contributed by atoms with Gasteiger partial charge in [0.15, 0.2) is 6.10 Å². The van der Waals surface area contributed by atoms with Crippen molar-refractivity contribution in [1.82, 2.24) is 0 Å². The highest BCUT2D eigenvalue weighted by molar-refractivity contribution is 5.71. The molecule has 6 nitrogen and oxygen atoms in total. The fourth-order valence-corrected chi connectivity index (χ4v) is 6.45. The summed E-state index contributed by atoms with van der Waals surface area (Å²) in [7, 11) is 0. The summed E-state index contributed by atoms with van der Waals surface area (Å²) in [6, 6.07) is 0. The van der Waals surface area contributed by atoms with Gasteiger partial charge in [-0.25, -0.2) is 0 Å². The molecule has 0 aromatic rings. The Morgan fingerprint density at radius 3 is 1.23 bits per heavy atom. The lowest BCUT2D eigenvalue weighted by atomic mass is 10.1. The van der Waals surface area contributed by atoms with Gasteiger partial charge in [0.2, 0.25) is 0 Å². The van der Waals surface area contributed by atoms with Crippen molar-refractivity contribution in [2.75, 3.05) is 13.2 Å². The third kappa shape index (κ3) is 50.4. The SMILES string of the molecule is CC\C=C/C=C\C=C/C=C\C=C/CCCCCC(=O)OC(COC(=O)CC/C=C\C/C=C\CCCCCCCC)COC(=O)CCCCCCCC/C=C\C/C=C\C/C=C\C/C=C\CC. The van der Waals surface area contributed by atoms with Gasteiger partial charge >= 0.3 is 17.9 Å². The van der Waals surface area contributed by atoms with Crippen LogP contribution in [0.5, 0.6) is 0 Å². The van der Waals surface area contributed by atoms with Crippen molar-refractivity contribution < 1.29 is 28.6 Å². The maximum atomic E-state index is 12.8. The fourth-order valence-electron chi connectivity index (χ4n) is 6.45. The van der Waals surface area contributed by atoms with Crippen molar-refractivity contribution in [3.8, 4) is 0 Å². The van der Waals surface area contributed by atoms with E-state index in [0.717, 1.165) is 96.3 Å². The molecule has 6 heteroatoms. The molecule has 0 heterocycles. The van der Waals surface area contributed by atoms with Crippen molar-refractivity contribution in [3.05, 3.63) is 134 Å². The summed E-state index contributed by atoms with van der Waals surface area (Å²) in [6.45, 7) is 6.25. The molecule has 0 N–H and O–H groups in total. The Morgan fingerprint density at radius 1 is 0.338 bits per heavy atom. The lowest BCUT2D eigenvalue weighted by Gasteiger charge is -2.18.